The summed E-state index contributed by atoms with van der Waals surface area (Å²) in [6, 6.07) is 6.43. The van der Waals surface area contributed by atoms with Gasteiger partial charge in [-0.1, -0.05) is 23.7 Å². The molecule has 0 unspecified atom stereocenters. The average molecular weight is 441 g/mol. The summed E-state index contributed by atoms with van der Waals surface area (Å²) in [6.45, 7) is 0.585. The van der Waals surface area contributed by atoms with E-state index in [-0.39, 0.29) is 45.8 Å². The molecule has 0 bridgehead atoms. The minimum absolute atomic E-state index is 0.0414. The van der Waals surface area contributed by atoms with E-state index in [9.17, 15) is 19.1 Å². The Morgan fingerprint density at radius 1 is 1.42 bits per heavy atom. The van der Waals surface area contributed by atoms with Gasteiger partial charge in [0.05, 0.1) is 23.7 Å². The Balaban J connectivity index is 1.74. The van der Waals surface area contributed by atoms with Crippen molar-refractivity contribution in [2.45, 2.75) is 25.3 Å². The highest BCUT2D eigenvalue weighted by Crippen LogP contribution is 2.48. The van der Waals surface area contributed by atoms with Crippen molar-refractivity contribution in [3.8, 4) is 5.75 Å². The number of benzene rings is 2. The molecule has 1 saturated heterocycles. The first kappa shape index (κ1) is 19.8. The van der Waals surface area contributed by atoms with Crippen molar-refractivity contribution in [1.82, 2.24) is 9.88 Å². The Morgan fingerprint density at radius 2 is 2.23 bits per heavy atom. The molecule has 0 aliphatic carbocycles. The Morgan fingerprint density at radius 3 is 3.00 bits per heavy atom. The molecular weight excluding hydrogens is 423 g/mol. The van der Waals surface area contributed by atoms with Gasteiger partial charge in [-0.05, 0) is 41.7 Å². The fourth-order valence-electron chi connectivity index (χ4n) is 4.73. The van der Waals surface area contributed by atoms with Gasteiger partial charge < -0.3 is 14.7 Å². The topological polar surface area (TPSA) is 79.7 Å². The van der Waals surface area contributed by atoms with E-state index in [4.69, 9.17) is 16.3 Å². The predicted octanol–water partition coefficient (Wildman–Crippen LogP) is 4.40. The van der Waals surface area contributed by atoms with Crippen LogP contribution in [-0.4, -0.2) is 40.5 Å². The first-order valence-corrected chi connectivity index (χ1v) is 10.3. The number of fused-ring (bicyclic) bond motifs is 5. The van der Waals surface area contributed by atoms with Gasteiger partial charge in [0.1, 0.15) is 16.9 Å². The van der Waals surface area contributed by atoms with E-state index in [1.165, 1.54) is 19.4 Å². The molecule has 8 heteroatoms. The third-order valence-corrected chi connectivity index (χ3v) is 6.38. The minimum Gasteiger partial charge on any atom is -0.505 e. The SMILES string of the molecule is COC(=O)c1c2c(c3cc(Cc4cccc(Cl)c4F)cnc3c1O)[C@@H]1CCCN1C2=O. The number of carbonyl (C=O) groups is 2. The maximum Gasteiger partial charge on any atom is 0.342 e. The molecule has 1 atom stereocenters. The van der Waals surface area contributed by atoms with Crippen LogP contribution in [0.25, 0.3) is 10.9 Å². The maximum atomic E-state index is 14.4. The lowest BCUT2D eigenvalue weighted by Gasteiger charge is -2.16. The molecule has 2 aliphatic heterocycles. The number of hydrogen-bond donors (Lipinski definition) is 1. The lowest BCUT2D eigenvalue weighted by Crippen LogP contribution is -2.23. The molecule has 2 aromatic carbocycles. The molecule has 0 spiro atoms. The normalized spacial score (nSPS) is 17.2. The Labute approximate surface area is 182 Å². The van der Waals surface area contributed by atoms with E-state index < -0.39 is 11.8 Å². The summed E-state index contributed by atoms with van der Waals surface area (Å²) in [5, 5.41) is 11.5. The van der Waals surface area contributed by atoms with Crippen molar-refractivity contribution < 1.29 is 23.8 Å². The molecule has 5 rings (SSSR count). The summed E-state index contributed by atoms with van der Waals surface area (Å²) in [7, 11) is 1.20. The van der Waals surface area contributed by atoms with Gasteiger partial charge in [-0.3, -0.25) is 9.78 Å². The third kappa shape index (κ3) is 2.87. The molecule has 158 valence electrons. The Kier molecular flexibility index (Phi) is 4.59. The van der Waals surface area contributed by atoms with Gasteiger partial charge in [0.25, 0.3) is 5.91 Å². The number of phenolic OH excluding ortho intramolecular Hbond substituents is 1. The summed E-state index contributed by atoms with van der Waals surface area (Å²) in [5.41, 5.74) is 2.04. The van der Waals surface area contributed by atoms with Crippen molar-refractivity contribution in [2.24, 2.45) is 0 Å². The van der Waals surface area contributed by atoms with E-state index in [1.54, 1.807) is 23.1 Å². The second-order valence-electron chi connectivity index (χ2n) is 7.79. The second-order valence-corrected chi connectivity index (χ2v) is 8.20. The van der Waals surface area contributed by atoms with Crippen molar-refractivity contribution in [2.75, 3.05) is 13.7 Å². The summed E-state index contributed by atoms with van der Waals surface area (Å²) < 4.78 is 19.2. The predicted molar refractivity (Wildman–Crippen MR) is 112 cm³/mol. The largest absolute Gasteiger partial charge is 0.505 e. The van der Waals surface area contributed by atoms with Gasteiger partial charge in [0, 0.05) is 24.5 Å². The number of rotatable bonds is 3. The van der Waals surface area contributed by atoms with Crippen molar-refractivity contribution in [3.05, 3.63) is 69.1 Å². The number of amides is 1. The van der Waals surface area contributed by atoms with Crippen LogP contribution in [0.2, 0.25) is 5.02 Å². The molecule has 6 nitrogen and oxygen atoms in total. The monoisotopic (exact) mass is 440 g/mol. The van der Waals surface area contributed by atoms with Gasteiger partial charge in [0.15, 0.2) is 5.75 Å². The molecule has 1 aromatic heterocycles. The molecule has 31 heavy (non-hydrogen) atoms. The van der Waals surface area contributed by atoms with Crippen LogP contribution in [0.15, 0.2) is 30.5 Å². The number of hydrogen-bond acceptors (Lipinski definition) is 5. The van der Waals surface area contributed by atoms with Crippen LogP contribution in [0.4, 0.5) is 4.39 Å². The molecule has 1 fully saturated rings. The van der Waals surface area contributed by atoms with E-state index in [0.717, 1.165) is 12.8 Å². The first-order valence-electron chi connectivity index (χ1n) is 9.92. The number of ether oxygens (including phenoxy) is 1. The van der Waals surface area contributed by atoms with Crippen molar-refractivity contribution in [3.63, 3.8) is 0 Å². The smallest absolute Gasteiger partial charge is 0.342 e. The quantitative estimate of drug-likeness (QED) is 0.610. The van der Waals surface area contributed by atoms with Gasteiger partial charge in [-0.15, -0.1) is 0 Å². The number of carbonyl (C=O) groups excluding carboxylic acids is 2. The van der Waals surface area contributed by atoms with Crippen molar-refractivity contribution in [1.29, 1.82) is 0 Å². The molecular formula is C23H18ClFN2O4. The van der Waals surface area contributed by atoms with Crippen molar-refractivity contribution >= 4 is 34.4 Å². The highest BCUT2D eigenvalue weighted by Gasteiger charge is 2.45. The highest BCUT2D eigenvalue weighted by molar-refractivity contribution is 6.30. The zero-order valence-electron chi connectivity index (χ0n) is 16.6. The molecule has 0 saturated carbocycles. The molecule has 2 aliphatic rings. The van der Waals surface area contributed by atoms with Crippen LogP contribution < -0.4 is 0 Å². The molecule has 0 radical (unpaired) electrons. The molecule has 3 aromatic rings. The summed E-state index contributed by atoms with van der Waals surface area (Å²) >= 11 is 5.90. The van der Waals surface area contributed by atoms with E-state index in [1.807, 2.05) is 0 Å². The summed E-state index contributed by atoms with van der Waals surface area (Å²) in [6.07, 6.45) is 3.38. The number of nitrogens with zero attached hydrogens (tertiary/aromatic N) is 2. The maximum absolute atomic E-state index is 14.4. The summed E-state index contributed by atoms with van der Waals surface area (Å²) in [4.78, 5) is 31.6. The number of pyridine rings is 1. The van der Waals surface area contributed by atoms with E-state index >= 15 is 0 Å². The Bertz CT molecular complexity index is 1280. The highest BCUT2D eigenvalue weighted by atomic mass is 35.5. The number of aromatic nitrogens is 1. The van der Waals surface area contributed by atoms with Crippen LogP contribution in [0.5, 0.6) is 5.75 Å². The lowest BCUT2D eigenvalue weighted by atomic mass is 9.91. The average Bonchev–Trinajstić information content (AvgIpc) is 3.34. The van der Waals surface area contributed by atoms with E-state index in [0.29, 0.717) is 28.6 Å². The van der Waals surface area contributed by atoms with Gasteiger partial charge in [-0.2, -0.15) is 0 Å². The standard InChI is InChI=1S/C23H18ClFN2O4/c1-31-23(30)18-17-16(15-6-3-7-27(15)22(17)29)13-9-11(10-26-20(13)21(18)28)8-12-4-2-5-14(24)19(12)25/h2,4-5,9-10,15,28H,3,6-8H2,1H3/t15-/m0/s1. The zero-order valence-corrected chi connectivity index (χ0v) is 17.4. The number of methoxy groups -OCH3 is 1. The Hall–Kier alpha value is -3.19. The van der Waals surface area contributed by atoms with Gasteiger partial charge in [0.2, 0.25) is 0 Å². The molecule has 1 amide bonds. The summed E-state index contributed by atoms with van der Waals surface area (Å²) in [5.74, 6) is -1.94. The van der Waals surface area contributed by atoms with Crippen LogP contribution in [-0.2, 0) is 11.2 Å². The second kappa shape index (κ2) is 7.20. The number of phenols is 1. The van der Waals surface area contributed by atoms with Gasteiger partial charge in [-0.25, -0.2) is 9.18 Å². The van der Waals surface area contributed by atoms with E-state index in [2.05, 4.69) is 4.98 Å². The lowest BCUT2D eigenvalue weighted by molar-refractivity contribution is 0.0590. The first-order chi connectivity index (χ1) is 14.9. The number of aromatic hydroxyl groups is 1. The van der Waals surface area contributed by atoms with Crippen LogP contribution >= 0.6 is 11.6 Å². The number of esters is 1. The number of halogens is 2. The molecule has 1 N–H and O–H groups in total. The van der Waals surface area contributed by atoms with Crippen LogP contribution in [0.3, 0.4) is 0 Å². The third-order valence-electron chi connectivity index (χ3n) is 6.09. The fourth-order valence-corrected chi connectivity index (χ4v) is 4.93. The van der Waals surface area contributed by atoms with Crippen LogP contribution in [0.1, 0.15) is 56.3 Å². The zero-order chi connectivity index (χ0) is 21.9. The van der Waals surface area contributed by atoms with Gasteiger partial charge >= 0.3 is 5.97 Å². The fraction of sp³-hybridized carbons (Fsp3) is 0.261. The van der Waals surface area contributed by atoms with Crippen LogP contribution in [0, 0.1) is 5.82 Å². The minimum atomic E-state index is -0.781. The molecule has 3 heterocycles.